The molecule has 0 unspecified atom stereocenters. The molecule has 0 amide bonds. The summed E-state index contributed by atoms with van der Waals surface area (Å²) in [7, 11) is 2.79. The number of nitrogens with zero attached hydrogens (tertiary/aromatic N) is 2. The highest BCUT2D eigenvalue weighted by Gasteiger charge is 2.24. The Morgan fingerprint density at radius 2 is 1.02 bits per heavy atom. The minimum absolute atomic E-state index is 0.110. The van der Waals surface area contributed by atoms with Crippen LogP contribution in [0.3, 0.4) is 0 Å². The average Bonchev–Trinajstić information content (AvgIpc) is 3.63. The number of H-pyrrole nitrogens is 2. The lowest BCUT2D eigenvalue weighted by Crippen LogP contribution is -2.01. The number of carbonyl (C=O) groups excluding carboxylic acids is 2. The predicted octanol–water partition coefficient (Wildman–Crippen LogP) is 7.04. The third-order valence-electron chi connectivity index (χ3n) is 8.61. The fourth-order valence-electron chi connectivity index (χ4n) is 6.01. The predicted molar refractivity (Wildman–Crippen MR) is 167 cm³/mol. The minimum Gasteiger partial charge on any atom is -0.469 e. The third kappa shape index (κ3) is 5.06. The van der Waals surface area contributed by atoms with E-state index in [2.05, 4.69) is 43.7 Å². The van der Waals surface area contributed by atoms with Crippen LogP contribution in [0.1, 0.15) is 85.6 Å². The van der Waals surface area contributed by atoms with Gasteiger partial charge in [0.15, 0.2) is 0 Å². The number of methoxy groups -OCH3 is 2. The number of hydrogen-bond acceptors (Lipinski definition) is 6. The van der Waals surface area contributed by atoms with Crippen LogP contribution in [0.5, 0.6) is 0 Å². The second-order valence-electron chi connectivity index (χ2n) is 10.9. The van der Waals surface area contributed by atoms with Crippen molar-refractivity contribution in [2.24, 2.45) is 0 Å². The van der Waals surface area contributed by atoms with Crippen molar-refractivity contribution in [3.63, 3.8) is 0 Å². The van der Waals surface area contributed by atoms with Crippen LogP contribution in [0.2, 0.25) is 0 Å². The fraction of sp³-hybridized carbons (Fsp3) is 0.353. The van der Waals surface area contributed by atoms with Crippen LogP contribution in [-0.4, -0.2) is 46.1 Å². The second-order valence-corrected chi connectivity index (χ2v) is 10.9. The van der Waals surface area contributed by atoms with Crippen molar-refractivity contribution in [1.29, 1.82) is 0 Å². The molecule has 3 aromatic rings. The molecule has 2 aliphatic heterocycles. The average molecular weight is 567 g/mol. The van der Waals surface area contributed by atoms with Gasteiger partial charge in [-0.3, -0.25) is 9.59 Å². The molecule has 0 fully saturated rings. The maximum Gasteiger partial charge on any atom is 0.310 e. The topological polar surface area (TPSA) is 110 Å². The Balaban J connectivity index is 1.94. The second kappa shape index (κ2) is 11.4. The Bertz CT molecular complexity index is 1720. The molecule has 3 aromatic heterocycles. The van der Waals surface area contributed by atoms with Gasteiger partial charge in [0.05, 0.1) is 49.8 Å². The first-order chi connectivity index (χ1) is 20.1. The van der Waals surface area contributed by atoms with E-state index in [1.54, 1.807) is 0 Å². The van der Waals surface area contributed by atoms with Gasteiger partial charge in [-0.15, -0.1) is 0 Å². The zero-order valence-electron chi connectivity index (χ0n) is 25.7. The Morgan fingerprint density at radius 1 is 0.619 bits per heavy atom. The highest BCUT2D eigenvalue weighted by molar-refractivity contribution is 6.01. The van der Waals surface area contributed by atoms with Gasteiger partial charge >= 0.3 is 11.9 Å². The number of carbonyl (C=O) groups is 2. The molecule has 2 N–H and O–H groups in total. The highest BCUT2D eigenvalue weighted by Crippen LogP contribution is 2.37. The lowest BCUT2D eigenvalue weighted by atomic mass is 10.0. The van der Waals surface area contributed by atoms with Crippen LogP contribution in [0, 0.1) is 13.8 Å². The summed E-state index contributed by atoms with van der Waals surface area (Å²) < 4.78 is 10.1. The van der Waals surface area contributed by atoms with Crippen molar-refractivity contribution < 1.29 is 19.1 Å². The lowest BCUT2D eigenvalue weighted by molar-refractivity contribution is -0.140. The first-order valence-corrected chi connectivity index (χ1v) is 14.4. The van der Waals surface area contributed by atoms with E-state index in [0.717, 1.165) is 80.0 Å². The van der Waals surface area contributed by atoms with E-state index >= 15 is 0 Å². The number of fused-ring (bicyclic) bond motifs is 8. The van der Waals surface area contributed by atoms with Gasteiger partial charge in [0, 0.05) is 22.1 Å². The molecule has 8 bridgehead atoms. The van der Waals surface area contributed by atoms with Gasteiger partial charge in [-0.05, 0) is 109 Å². The molecule has 8 heteroatoms. The molecule has 0 saturated heterocycles. The molecule has 8 nitrogen and oxygen atoms in total. The SMILES string of the molecule is CCc1c(C)c2cc3[nH]c(cc4nc(cc5nc(cc1[nH]2)C(CC(=O)OC)=C5C)C(C)=C4CC(=O)OC)c(CC)c3C. The van der Waals surface area contributed by atoms with E-state index in [1.807, 2.05) is 32.0 Å². The number of rotatable bonds is 6. The number of aromatic nitrogens is 4. The standard InChI is InChI=1S/C34H38N4O4/c1-9-21-17(3)25-13-26-18(4)22(10-2)30(36-26)16-32-24(12-34(40)42-8)20(6)28(38-32)14-27-19(5)23(11-33(39)41-7)31(37-27)15-29(21)35-25/h13-16,35-36H,9-12H2,1-8H3. The van der Waals surface area contributed by atoms with Crippen molar-refractivity contribution in [3.8, 4) is 0 Å². The van der Waals surface area contributed by atoms with E-state index in [9.17, 15) is 9.59 Å². The molecule has 0 radical (unpaired) electrons. The number of esters is 2. The van der Waals surface area contributed by atoms with Gasteiger partial charge < -0.3 is 19.4 Å². The molecule has 42 heavy (non-hydrogen) atoms. The Morgan fingerprint density at radius 3 is 1.38 bits per heavy atom. The van der Waals surface area contributed by atoms with Crippen molar-refractivity contribution in [2.75, 3.05) is 14.2 Å². The molecule has 0 spiro atoms. The normalized spacial score (nSPS) is 13.1. The molecule has 0 atom stereocenters. The smallest absolute Gasteiger partial charge is 0.310 e. The van der Waals surface area contributed by atoms with Gasteiger partial charge in [-0.2, -0.15) is 0 Å². The van der Waals surface area contributed by atoms with Crippen LogP contribution in [-0.2, 0) is 31.9 Å². The Hall–Kier alpha value is -4.46. The van der Waals surface area contributed by atoms with E-state index < -0.39 is 0 Å². The van der Waals surface area contributed by atoms with Gasteiger partial charge in [0.25, 0.3) is 0 Å². The zero-order chi connectivity index (χ0) is 30.3. The quantitative estimate of drug-likeness (QED) is 0.310. The van der Waals surface area contributed by atoms with Gasteiger partial charge in [0.2, 0.25) is 0 Å². The molecular weight excluding hydrogens is 528 g/mol. The van der Waals surface area contributed by atoms with Crippen LogP contribution in [0.4, 0.5) is 0 Å². The van der Waals surface area contributed by atoms with E-state index in [1.165, 1.54) is 36.5 Å². The van der Waals surface area contributed by atoms with Crippen LogP contribution in [0.25, 0.3) is 44.4 Å². The first-order valence-electron chi connectivity index (χ1n) is 14.4. The lowest BCUT2D eigenvalue weighted by Gasteiger charge is -2.04. The summed E-state index contributed by atoms with van der Waals surface area (Å²) in [6.07, 6.45) is 1.91. The van der Waals surface area contributed by atoms with Gasteiger partial charge in [-0.25, -0.2) is 9.97 Å². The summed E-state index contributed by atoms with van der Waals surface area (Å²) in [5, 5.41) is 0. The number of hydrogen-bond donors (Lipinski definition) is 2. The Kier molecular flexibility index (Phi) is 7.91. The zero-order valence-corrected chi connectivity index (χ0v) is 25.7. The number of nitrogens with one attached hydrogen (secondary N) is 2. The molecular formula is C34H38N4O4. The van der Waals surface area contributed by atoms with E-state index in [4.69, 9.17) is 19.4 Å². The minimum atomic E-state index is -0.325. The third-order valence-corrected chi connectivity index (χ3v) is 8.61. The summed E-state index contributed by atoms with van der Waals surface area (Å²) in [6.45, 7) is 12.5. The van der Waals surface area contributed by atoms with Crippen molar-refractivity contribution in [1.82, 2.24) is 19.9 Å². The Labute approximate surface area is 245 Å². The first kappa shape index (κ1) is 29.0. The molecule has 0 aromatic carbocycles. The summed E-state index contributed by atoms with van der Waals surface area (Å²) in [6, 6.07) is 8.18. The summed E-state index contributed by atoms with van der Waals surface area (Å²) in [4.78, 5) is 42.2. The van der Waals surface area contributed by atoms with Crippen LogP contribution < -0.4 is 0 Å². The van der Waals surface area contributed by atoms with Crippen LogP contribution >= 0.6 is 0 Å². The highest BCUT2D eigenvalue weighted by atomic mass is 16.5. The number of aromatic amines is 2. The molecule has 5 heterocycles. The maximum absolute atomic E-state index is 12.4. The molecule has 0 aliphatic carbocycles. The largest absolute Gasteiger partial charge is 0.469 e. The van der Waals surface area contributed by atoms with E-state index in [0.29, 0.717) is 0 Å². The number of aryl methyl sites for hydroxylation is 4. The van der Waals surface area contributed by atoms with Crippen molar-refractivity contribution in [3.05, 3.63) is 69.3 Å². The van der Waals surface area contributed by atoms with E-state index in [-0.39, 0.29) is 24.8 Å². The van der Waals surface area contributed by atoms with Crippen molar-refractivity contribution in [2.45, 2.75) is 67.2 Å². The summed E-state index contributed by atoms with van der Waals surface area (Å²) >= 11 is 0. The molecule has 218 valence electrons. The summed E-state index contributed by atoms with van der Waals surface area (Å²) in [5.41, 5.74) is 15.1. The summed E-state index contributed by atoms with van der Waals surface area (Å²) in [5.74, 6) is -0.649. The van der Waals surface area contributed by atoms with Crippen LogP contribution in [0.15, 0.2) is 24.3 Å². The van der Waals surface area contributed by atoms with Crippen molar-refractivity contribution >= 4 is 56.3 Å². The maximum atomic E-state index is 12.4. The number of allylic oxidation sites excluding steroid dienone is 2. The molecule has 0 saturated carbocycles. The van der Waals surface area contributed by atoms with Gasteiger partial charge in [-0.1, -0.05) is 13.8 Å². The number of ether oxygens (including phenoxy) is 2. The van der Waals surface area contributed by atoms with Gasteiger partial charge in [0.1, 0.15) is 0 Å². The monoisotopic (exact) mass is 566 g/mol. The molecule has 5 rings (SSSR count). The molecule has 2 aliphatic rings. The fourth-order valence-corrected chi connectivity index (χ4v) is 6.01.